The van der Waals surface area contributed by atoms with Gasteiger partial charge in [-0.1, -0.05) is 12.2 Å². The van der Waals surface area contributed by atoms with Gasteiger partial charge in [0.15, 0.2) is 0 Å². The van der Waals surface area contributed by atoms with Crippen LogP contribution in [0.1, 0.15) is 13.8 Å². The summed E-state index contributed by atoms with van der Waals surface area (Å²) >= 11 is 0. The molecule has 4 N–H and O–H groups in total. The fourth-order valence-corrected chi connectivity index (χ4v) is 0.496. The summed E-state index contributed by atoms with van der Waals surface area (Å²) in [7, 11) is 0. The van der Waals surface area contributed by atoms with Crippen molar-refractivity contribution in [1.29, 1.82) is 0 Å². The van der Waals surface area contributed by atoms with Gasteiger partial charge in [0.2, 0.25) is 0 Å². The van der Waals surface area contributed by atoms with Crippen LogP contribution in [0.3, 0.4) is 0 Å². The summed E-state index contributed by atoms with van der Waals surface area (Å²) in [5.41, 5.74) is 4.57. The minimum atomic E-state index is -0.924. The summed E-state index contributed by atoms with van der Waals surface area (Å²) in [6, 6.07) is 0. The first-order chi connectivity index (χ1) is 4.54. The zero-order valence-electron chi connectivity index (χ0n) is 6.41. The van der Waals surface area contributed by atoms with Gasteiger partial charge < -0.3 is 15.9 Å². The van der Waals surface area contributed by atoms with E-state index in [-0.39, 0.29) is 6.61 Å². The second kappa shape index (κ2) is 3.71. The molecule has 0 bridgehead atoms. The summed E-state index contributed by atoms with van der Waals surface area (Å²) in [6.45, 7) is 3.16. The molecule has 10 heavy (non-hydrogen) atoms. The molecule has 2 atom stereocenters. The normalized spacial score (nSPS) is 20.9. The largest absolute Gasteiger partial charge is 0.394 e. The van der Waals surface area contributed by atoms with Crippen molar-refractivity contribution in [2.24, 2.45) is 5.73 Å². The van der Waals surface area contributed by atoms with Gasteiger partial charge in [-0.2, -0.15) is 0 Å². The van der Waals surface area contributed by atoms with E-state index in [4.69, 9.17) is 10.8 Å². The number of nitrogens with two attached hydrogens (primary N) is 1. The molecule has 0 aliphatic heterocycles. The predicted octanol–water partition coefficient (Wildman–Crippen LogP) is -0.367. The highest BCUT2D eigenvalue weighted by Gasteiger charge is 2.24. The van der Waals surface area contributed by atoms with E-state index in [1.165, 1.54) is 0 Å². The summed E-state index contributed by atoms with van der Waals surface area (Å²) in [5.74, 6) is 0. The van der Waals surface area contributed by atoms with Crippen LogP contribution in [0.5, 0.6) is 0 Å². The molecule has 0 aromatic rings. The van der Waals surface area contributed by atoms with E-state index in [0.717, 1.165) is 0 Å². The third-order valence-electron chi connectivity index (χ3n) is 1.39. The predicted molar refractivity (Wildman–Crippen MR) is 40.5 cm³/mol. The van der Waals surface area contributed by atoms with Crippen LogP contribution in [0, 0.1) is 0 Å². The summed E-state index contributed by atoms with van der Waals surface area (Å²) in [4.78, 5) is 0. The molecule has 0 heterocycles. The molecule has 0 amide bonds. The molecule has 0 spiro atoms. The number of hydrogen-bond acceptors (Lipinski definition) is 3. The van der Waals surface area contributed by atoms with E-state index in [1.807, 2.05) is 0 Å². The Morgan fingerprint density at radius 3 is 2.50 bits per heavy atom. The van der Waals surface area contributed by atoms with Crippen LogP contribution in [-0.4, -0.2) is 28.5 Å². The van der Waals surface area contributed by atoms with Crippen molar-refractivity contribution in [2.75, 3.05) is 6.61 Å². The van der Waals surface area contributed by atoms with Gasteiger partial charge in [0.05, 0.1) is 18.2 Å². The first-order valence-electron chi connectivity index (χ1n) is 3.25. The molecule has 0 fully saturated rings. The van der Waals surface area contributed by atoms with Crippen molar-refractivity contribution in [1.82, 2.24) is 0 Å². The quantitative estimate of drug-likeness (QED) is 0.475. The standard InChI is InChI=1S/C7H15NO2/c1-3-4-6(10)7(2,8)5-9/h3-4,6,9-10H,5,8H2,1-2H3/b4-3+/t6-,7-/m1/s1. The first-order valence-corrected chi connectivity index (χ1v) is 3.25. The van der Waals surface area contributed by atoms with Crippen molar-refractivity contribution in [3.8, 4) is 0 Å². The highest BCUT2D eigenvalue weighted by molar-refractivity contribution is 4.99. The average molecular weight is 145 g/mol. The SMILES string of the molecule is C/C=C/[C@@H](O)[C@](C)(N)CO. The Hall–Kier alpha value is -0.380. The van der Waals surface area contributed by atoms with Crippen molar-refractivity contribution in [2.45, 2.75) is 25.5 Å². The Bertz CT molecular complexity index is 121. The van der Waals surface area contributed by atoms with Gasteiger partial charge in [-0.15, -0.1) is 0 Å². The zero-order chi connectivity index (χ0) is 8.20. The second-order valence-corrected chi connectivity index (χ2v) is 2.63. The Morgan fingerprint density at radius 2 is 2.20 bits per heavy atom. The highest BCUT2D eigenvalue weighted by Crippen LogP contribution is 2.05. The van der Waals surface area contributed by atoms with Crippen LogP contribution in [0.15, 0.2) is 12.2 Å². The zero-order valence-corrected chi connectivity index (χ0v) is 6.41. The molecular formula is C7H15NO2. The minimum Gasteiger partial charge on any atom is -0.394 e. The van der Waals surface area contributed by atoms with E-state index in [2.05, 4.69) is 0 Å². The lowest BCUT2D eigenvalue weighted by Gasteiger charge is -2.25. The van der Waals surface area contributed by atoms with E-state index in [9.17, 15) is 5.11 Å². The minimum absolute atomic E-state index is 0.224. The molecule has 3 nitrogen and oxygen atoms in total. The number of aliphatic hydroxyl groups excluding tert-OH is 2. The molecule has 0 aromatic heterocycles. The molecule has 0 saturated heterocycles. The number of aliphatic hydroxyl groups is 2. The lowest BCUT2D eigenvalue weighted by molar-refractivity contribution is 0.0856. The third-order valence-corrected chi connectivity index (χ3v) is 1.39. The van der Waals surface area contributed by atoms with Gasteiger partial charge in [-0.25, -0.2) is 0 Å². The number of hydrogen-bond donors (Lipinski definition) is 3. The van der Waals surface area contributed by atoms with Crippen LogP contribution >= 0.6 is 0 Å². The molecule has 60 valence electrons. The molecule has 0 aliphatic rings. The number of rotatable bonds is 3. The Balaban J connectivity index is 4.03. The van der Waals surface area contributed by atoms with Gasteiger partial charge in [-0.3, -0.25) is 0 Å². The summed E-state index contributed by atoms with van der Waals surface area (Å²) in [5, 5.41) is 17.9. The fraction of sp³-hybridized carbons (Fsp3) is 0.714. The maximum Gasteiger partial charge on any atom is 0.0920 e. The lowest BCUT2D eigenvalue weighted by Crippen LogP contribution is -2.50. The van der Waals surface area contributed by atoms with Crippen LogP contribution < -0.4 is 5.73 Å². The van der Waals surface area contributed by atoms with Crippen LogP contribution in [0.4, 0.5) is 0 Å². The van der Waals surface area contributed by atoms with Gasteiger partial charge in [0.25, 0.3) is 0 Å². The molecule has 0 rings (SSSR count). The van der Waals surface area contributed by atoms with Gasteiger partial charge in [-0.05, 0) is 13.8 Å². The van der Waals surface area contributed by atoms with Gasteiger partial charge >= 0.3 is 0 Å². The molecule has 3 heteroatoms. The maximum atomic E-state index is 9.21. The third kappa shape index (κ3) is 2.47. The Morgan fingerprint density at radius 1 is 1.70 bits per heavy atom. The van der Waals surface area contributed by atoms with Crippen molar-refractivity contribution in [3.05, 3.63) is 12.2 Å². The summed E-state index contributed by atoms with van der Waals surface area (Å²) in [6.07, 6.45) is 2.48. The van der Waals surface area contributed by atoms with Crippen LogP contribution in [0.2, 0.25) is 0 Å². The monoisotopic (exact) mass is 145 g/mol. The van der Waals surface area contributed by atoms with Crippen molar-refractivity contribution in [3.63, 3.8) is 0 Å². The van der Waals surface area contributed by atoms with Gasteiger partial charge in [0, 0.05) is 0 Å². The molecule has 0 aromatic carbocycles. The Kier molecular flexibility index (Phi) is 3.57. The first kappa shape index (κ1) is 9.62. The maximum absolute atomic E-state index is 9.21. The molecule has 0 saturated carbocycles. The van der Waals surface area contributed by atoms with Crippen LogP contribution in [-0.2, 0) is 0 Å². The fourth-order valence-electron chi connectivity index (χ4n) is 0.496. The van der Waals surface area contributed by atoms with E-state index < -0.39 is 11.6 Å². The van der Waals surface area contributed by atoms with Gasteiger partial charge in [0.1, 0.15) is 0 Å². The molecular weight excluding hydrogens is 130 g/mol. The molecule has 0 radical (unpaired) electrons. The van der Waals surface area contributed by atoms with Crippen molar-refractivity contribution >= 4 is 0 Å². The van der Waals surface area contributed by atoms with E-state index >= 15 is 0 Å². The topological polar surface area (TPSA) is 66.5 Å². The van der Waals surface area contributed by atoms with E-state index in [1.54, 1.807) is 26.0 Å². The number of allylic oxidation sites excluding steroid dienone is 1. The van der Waals surface area contributed by atoms with Crippen molar-refractivity contribution < 1.29 is 10.2 Å². The molecule has 0 unspecified atom stereocenters. The summed E-state index contributed by atoms with van der Waals surface area (Å²) < 4.78 is 0. The molecule has 0 aliphatic carbocycles. The van der Waals surface area contributed by atoms with E-state index in [0.29, 0.717) is 0 Å². The van der Waals surface area contributed by atoms with Crippen LogP contribution in [0.25, 0.3) is 0 Å². The Labute approximate surface area is 61.2 Å². The lowest BCUT2D eigenvalue weighted by atomic mass is 9.97. The second-order valence-electron chi connectivity index (χ2n) is 2.63. The average Bonchev–Trinajstić information content (AvgIpc) is 1.89. The highest BCUT2D eigenvalue weighted by atomic mass is 16.3. The smallest absolute Gasteiger partial charge is 0.0920 e.